The molecule has 19 heavy (non-hydrogen) atoms. The zero-order valence-electron chi connectivity index (χ0n) is 9.51. The van der Waals surface area contributed by atoms with E-state index in [1.54, 1.807) is 24.3 Å². The lowest BCUT2D eigenvalue weighted by Crippen LogP contribution is -2.02. The maximum atomic E-state index is 10.8. The van der Waals surface area contributed by atoms with Crippen molar-refractivity contribution in [1.82, 2.24) is 10.2 Å². The maximum Gasteiger partial charge on any atom is 0.307 e. The van der Waals surface area contributed by atoms with Crippen LogP contribution in [0.15, 0.2) is 30.3 Å². The lowest BCUT2D eigenvalue weighted by molar-refractivity contribution is -0.136. The van der Waals surface area contributed by atoms with Crippen LogP contribution < -0.4 is 4.74 Å². The summed E-state index contributed by atoms with van der Waals surface area (Å²) in [7, 11) is 0. The van der Waals surface area contributed by atoms with Gasteiger partial charge in [-0.15, -0.1) is 10.2 Å². The predicted molar refractivity (Wildman–Crippen MR) is 69.9 cm³/mol. The third-order valence-electron chi connectivity index (χ3n) is 2.22. The Bertz CT molecular complexity index is 620. The molecule has 0 saturated carbocycles. The molecule has 0 amide bonds. The number of hydrogen-bond acceptors (Lipinski definition) is 4. The molecule has 0 bridgehead atoms. The van der Waals surface area contributed by atoms with Gasteiger partial charge in [-0.05, 0) is 6.07 Å². The second kappa shape index (κ2) is 5.86. The minimum atomic E-state index is -0.951. The summed E-state index contributed by atoms with van der Waals surface area (Å²) < 4.78 is 5.54. The number of aliphatic carboxylic acids is 1. The van der Waals surface area contributed by atoms with Gasteiger partial charge in [0.1, 0.15) is 5.75 Å². The van der Waals surface area contributed by atoms with Gasteiger partial charge in [0.25, 0.3) is 0 Å². The van der Waals surface area contributed by atoms with E-state index in [2.05, 4.69) is 10.2 Å². The van der Waals surface area contributed by atoms with Crippen molar-refractivity contribution < 1.29 is 14.6 Å². The Balaban J connectivity index is 2.32. The summed E-state index contributed by atoms with van der Waals surface area (Å²) in [5.41, 5.74) is 0.527. The van der Waals surface area contributed by atoms with Gasteiger partial charge >= 0.3 is 5.97 Å². The van der Waals surface area contributed by atoms with E-state index in [1.165, 1.54) is 6.07 Å². The van der Waals surface area contributed by atoms with Crippen LogP contribution in [-0.2, 0) is 11.2 Å². The Labute approximate surface area is 118 Å². The molecule has 7 heteroatoms. The monoisotopic (exact) mass is 298 g/mol. The molecule has 0 aliphatic rings. The number of carboxylic acid groups (broad SMARTS) is 1. The quantitative estimate of drug-likeness (QED) is 0.938. The smallest absolute Gasteiger partial charge is 0.307 e. The van der Waals surface area contributed by atoms with Gasteiger partial charge in [0.2, 0.25) is 0 Å². The Morgan fingerprint density at radius 1 is 1.21 bits per heavy atom. The lowest BCUT2D eigenvalue weighted by atomic mass is 10.1. The number of rotatable bonds is 4. The number of ether oxygens (including phenoxy) is 1. The number of benzene rings is 1. The van der Waals surface area contributed by atoms with Gasteiger partial charge in [-0.2, -0.15) is 0 Å². The van der Waals surface area contributed by atoms with Gasteiger partial charge < -0.3 is 9.84 Å². The van der Waals surface area contributed by atoms with Crippen LogP contribution in [0.2, 0.25) is 10.3 Å². The molecular formula is C12H8Cl2N2O3. The standard InChI is InChI=1S/C12H8Cl2N2O3/c13-10-6-9(12(14)16-15-10)19-8-4-2-1-3-7(8)5-11(17)18/h1-4,6H,5H2,(H,17,18). The van der Waals surface area contributed by atoms with Crippen molar-refractivity contribution in [2.24, 2.45) is 0 Å². The summed E-state index contributed by atoms with van der Waals surface area (Å²) in [6.45, 7) is 0. The molecule has 0 atom stereocenters. The van der Waals surface area contributed by atoms with Crippen LogP contribution in [0, 0.1) is 0 Å². The molecule has 0 fully saturated rings. The molecule has 2 aromatic rings. The summed E-state index contributed by atoms with van der Waals surface area (Å²) in [5.74, 6) is -0.344. The van der Waals surface area contributed by atoms with E-state index < -0.39 is 5.97 Å². The molecule has 98 valence electrons. The summed E-state index contributed by atoms with van der Waals surface area (Å²) >= 11 is 11.5. The van der Waals surface area contributed by atoms with Crippen LogP contribution in [0.1, 0.15) is 5.56 Å². The van der Waals surface area contributed by atoms with Crippen molar-refractivity contribution >= 4 is 29.2 Å². The average Bonchev–Trinajstić information content (AvgIpc) is 2.35. The maximum absolute atomic E-state index is 10.8. The molecule has 0 aliphatic carbocycles. The molecular weight excluding hydrogens is 291 g/mol. The fourth-order valence-electron chi connectivity index (χ4n) is 1.44. The topological polar surface area (TPSA) is 72.3 Å². The molecule has 5 nitrogen and oxygen atoms in total. The number of para-hydroxylation sites is 1. The molecule has 1 heterocycles. The van der Waals surface area contributed by atoms with Crippen LogP contribution in [0.3, 0.4) is 0 Å². The number of aromatic nitrogens is 2. The van der Waals surface area contributed by atoms with Gasteiger partial charge in [-0.25, -0.2) is 0 Å². The third-order valence-corrected chi connectivity index (χ3v) is 2.67. The molecule has 0 saturated heterocycles. The van der Waals surface area contributed by atoms with E-state index in [9.17, 15) is 4.79 Å². The van der Waals surface area contributed by atoms with E-state index in [0.29, 0.717) is 11.3 Å². The second-order valence-corrected chi connectivity index (χ2v) is 4.35. The van der Waals surface area contributed by atoms with Gasteiger partial charge in [-0.1, -0.05) is 41.4 Å². The molecule has 0 unspecified atom stereocenters. The van der Waals surface area contributed by atoms with Gasteiger partial charge in [0.05, 0.1) is 6.42 Å². The lowest BCUT2D eigenvalue weighted by Gasteiger charge is -2.10. The van der Waals surface area contributed by atoms with E-state index in [0.717, 1.165) is 0 Å². The van der Waals surface area contributed by atoms with Crippen molar-refractivity contribution in [2.75, 3.05) is 0 Å². The largest absolute Gasteiger partial charge is 0.481 e. The Hall–Kier alpha value is -1.85. The SMILES string of the molecule is O=C(O)Cc1ccccc1Oc1cc(Cl)nnc1Cl. The van der Waals surface area contributed by atoms with Crippen molar-refractivity contribution in [3.63, 3.8) is 0 Å². The summed E-state index contributed by atoms with van der Waals surface area (Å²) in [6.07, 6.45) is -0.153. The summed E-state index contributed by atoms with van der Waals surface area (Å²) in [5, 5.41) is 16.2. The molecule has 0 spiro atoms. The number of nitrogens with zero attached hydrogens (tertiary/aromatic N) is 2. The molecule has 2 rings (SSSR count). The predicted octanol–water partition coefficient (Wildman–Crippen LogP) is 3.20. The number of carbonyl (C=O) groups is 1. The molecule has 0 radical (unpaired) electrons. The normalized spacial score (nSPS) is 10.2. The van der Waals surface area contributed by atoms with Crippen molar-refractivity contribution in [2.45, 2.75) is 6.42 Å². The molecule has 1 aromatic carbocycles. The van der Waals surface area contributed by atoms with Crippen LogP contribution in [0.5, 0.6) is 11.5 Å². The first-order chi connectivity index (χ1) is 9.06. The third kappa shape index (κ3) is 3.56. The number of hydrogen-bond donors (Lipinski definition) is 1. The van der Waals surface area contributed by atoms with E-state index >= 15 is 0 Å². The highest BCUT2D eigenvalue weighted by Crippen LogP contribution is 2.31. The number of halogens is 2. The Kier molecular flexibility index (Phi) is 4.19. The summed E-state index contributed by atoms with van der Waals surface area (Å²) in [4.78, 5) is 10.8. The van der Waals surface area contributed by atoms with E-state index in [-0.39, 0.29) is 22.5 Å². The Morgan fingerprint density at radius 2 is 1.95 bits per heavy atom. The second-order valence-electron chi connectivity index (χ2n) is 3.60. The van der Waals surface area contributed by atoms with E-state index in [4.69, 9.17) is 33.0 Å². The Morgan fingerprint density at radius 3 is 2.68 bits per heavy atom. The minimum absolute atomic E-state index is 0.0505. The van der Waals surface area contributed by atoms with Gasteiger partial charge in [0.15, 0.2) is 16.1 Å². The van der Waals surface area contributed by atoms with Crippen molar-refractivity contribution in [1.29, 1.82) is 0 Å². The van der Waals surface area contributed by atoms with Crippen LogP contribution in [-0.4, -0.2) is 21.3 Å². The van der Waals surface area contributed by atoms with Gasteiger partial charge in [0, 0.05) is 11.6 Å². The highest BCUT2D eigenvalue weighted by atomic mass is 35.5. The van der Waals surface area contributed by atoms with Crippen molar-refractivity contribution in [3.8, 4) is 11.5 Å². The highest BCUT2D eigenvalue weighted by Gasteiger charge is 2.11. The first-order valence-electron chi connectivity index (χ1n) is 5.22. The highest BCUT2D eigenvalue weighted by molar-refractivity contribution is 6.32. The van der Waals surface area contributed by atoms with E-state index in [1.807, 2.05) is 0 Å². The summed E-state index contributed by atoms with van der Waals surface area (Å²) in [6, 6.07) is 8.17. The minimum Gasteiger partial charge on any atom is -0.481 e. The number of carboxylic acids is 1. The van der Waals surface area contributed by atoms with Crippen LogP contribution in [0.25, 0.3) is 0 Å². The first-order valence-corrected chi connectivity index (χ1v) is 5.98. The first kappa shape index (κ1) is 13.6. The molecule has 0 aliphatic heterocycles. The van der Waals surface area contributed by atoms with Crippen LogP contribution in [0.4, 0.5) is 0 Å². The zero-order valence-corrected chi connectivity index (χ0v) is 11.0. The fourth-order valence-corrected chi connectivity index (χ4v) is 1.71. The molecule has 1 aromatic heterocycles. The molecule has 1 N–H and O–H groups in total. The van der Waals surface area contributed by atoms with Crippen LogP contribution >= 0.6 is 23.2 Å². The van der Waals surface area contributed by atoms with Gasteiger partial charge in [-0.3, -0.25) is 4.79 Å². The average molecular weight is 299 g/mol. The zero-order chi connectivity index (χ0) is 13.8. The van der Waals surface area contributed by atoms with Crippen molar-refractivity contribution in [3.05, 3.63) is 46.2 Å². The fraction of sp³-hybridized carbons (Fsp3) is 0.0833.